The number of carbonyl (C=O) groups is 2. The van der Waals surface area contributed by atoms with Gasteiger partial charge in [-0.1, -0.05) is 13.8 Å². The predicted molar refractivity (Wildman–Crippen MR) is 70.0 cm³/mol. The van der Waals surface area contributed by atoms with Gasteiger partial charge in [-0.05, 0) is 13.8 Å². The molecule has 1 heterocycles. The Balaban J connectivity index is 2.91. The van der Waals surface area contributed by atoms with Crippen LogP contribution in [0.5, 0.6) is 0 Å². The first kappa shape index (κ1) is 14.6. The summed E-state index contributed by atoms with van der Waals surface area (Å²) in [6.07, 6.45) is 1.53. The number of carbonyl (C=O) groups excluding carboxylic acids is 1. The fourth-order valence-electron chi connectivity index (χ4n) is 1.43. The summed E-state index contributed by atoms with van der Waals surface area (Å²) in [5.41, 5.74) is 0. The first-order valence-electron chi connectivity index (χ1n) is 5.81. The second-order valence-electron chi connectivity index (χ2n) is 4.64. The molecule has 1 rings (SSSR count). The zero-order valence-electron chi connectivity index (χ0n) is 11.0. The Kier molecular flexibility index (Phi) is 4.84. The standard InChI is InChI=1S/C12H18N2O3S/c1-7(2)11-13-5-9(18-11)12(17)14(8(3)4)6-10(15)16/h5,7-8H,6H2,1-4H3,(H,15,16). The number of carboxylic acid groups (broad SMARTS) is 1. The van der Waals surface area contributed by atoms with Crippen molar-refractivity contribution in [3.8, 4) is 0 Å². The van der Waals surface area contributed by atoms with E-state index in [1.54, 1.807) is 13.8 Å². The minimum Gasteiger partial charge on any atom is -0.480 e. The van der Waals surface area contributed by atoms with E-state index >= 15 is 0 Å². The number of amides is 1. The maximum Gasteiger partial charge on any atom is 0.323 e. The van der Waals surface area contributed by atoms with Crippen LogP contribution in [0, 0.1) is 0 Å². The second kappa shape index (κ2) is 5.95. The third-order valence-corrected chi connectivity index (χ3v) is 3.70. The summed E-state index contributed by atoms with van der Waals surface area (Å²) in [5.74, 6) is -1.01. The molecule has 1 aromatic rings. The van der Waals surface area contributed by atoms with E-state index in [9.17, 15) is 9.59 Å². The lowest BCUT2D eigenvalue weighted by Crippen LogP contribution is -2.40. The third kappa shape index (κ3) is 3.53. The van der Waals surface area contributed by atoms with Crippen LogP contribution in [0.3, 0.4) is 0 Å². The summed E-state index contributed by atoms with van der Waals surface area (Å²) in [7, 11) is 0. The topological polar surface area (TPSA) is 70.5 Å². The molecule has 0 radical (unpaired) electrons. The molecular formula is C12H18N2O3S. The van der Waals surface area contributed by atoms with Crippen molar-refractivity contribution in [2.75, 3.05) is 6.54 Å². The lowest BCUT2D eigenvalue weighted by Gasteiger charge is -2.23. The normalized spacial score (nSPS) is 11.0. The molecule has 0 saturated heterocycles. The Morgan fingerprint density at radius 3 is 2.39 bits per heavy atom. The zero-order valence-corrected chi connectivity index (χ0v) is 11.8. The van der Waals surface area contributed by atoms with Gasteiger partial charge in [0.25, 0.3) is 5.91 Å². The molecule has 0 aliphatic rings. The quantitative estimate of drug-likeness (QED) is 0.890. The second-order valence-corrected chi connectivity index (χ2v) is 5.70. The van der Waals surface area contributed by atoms with Crippen LogP contribution in [-0.4, -0.2) is 39.5 Å². The van der Waals surface area contributed by atoms with Gasteiger partial charge in [0.15, 0.2) is 0 Å². The number of hydrogen-bond acceptors (Lipinski definition) is 4. The number of nitrogens with zero attached hydrogens (tertiary/aromatic N) is 2. The number of thiazole rings is 1. The van der Waals surface area contributed by atoms with E-state index in [0.29, 0.717) is 4.88 Å². The molecule has 18 heavy (non-hydrogen) atoms. The third-order valence-electron chi connectivity index (χ3n) is 2.42. The molecule has 0 fully saturated rings. The van der Waals surface area contributed by atoms with Crippen LogP contribution >= 0.6 is 11.3 Å². The van der Waals surface area contributed by atoms with Gasteiger partial charge in [0.05, 0.1) is 11.2 Å². The van der Waals surface area contributed by atoms with Gasteiger partial charge in [0.2, 0.25) is 0 Å². The average molecular weight is 270 g/mol. The van der Waals surface area contributed by atoms with E-state index in [2.05, 4.69) is 4.98 Å². The van der Waals surface area contributed by atoms with Crippen molar-refractivity contribution in [2.24, 2.45) is 0 Å². The Morgan fingerprint density at radius 2 is 2.00 bits per heavy atom. The van der Waals surface area contributed by atoms with Gasteiger partial charge in [0.1, 0.15) is 11.4 Å². The molecule has 0 spiro atoms. The van der Waals surface area contributed by atoms with Crippen LogP contribution in [0.1, 0.15) is 48.3 Å². The Hall–Kier alpha value is -1.43. The first-order chi connectivity index (χ1) is 8.32. The van der Waals surface area contributed by atoms with E-state index < -0.39 is 5.97 Å². The van der Waals surface area contributed by atoms with E-state index in [1.165, 1.54) is 22.4 Å². The predicted octanol–water partition coefficient (Wildman–Crippen LogP) is 2.20. The molecular weight excluding hydrogens is 252 g/mol. The maximum atomic E-state index is 12.2. The molecule has 0 aromatic carbocycles. The highest BCUT2D eigenvalue weighted by Crippen LogP contribution is 2.22. The lowest BCUT2D eigenvalue weighted by atomic mass is 10.2. The summed E-state index contributed by atoms with van der Waals surface area (Å²) >= 11 is 1.33. The van der Waals surface area contributed by atoms with Crippen LogP contribution in [0.2, 0.25) is 0 Å². The van der Waals surface area contributed by atoms with Crippen molar-refractivity contribution in [1.82, 2.24) is 9.88 Å². The zero-order chi connectivity index (χ0) is 13.9. The molecule has 1 N–H and O–H groups in total. The average Bonchev–Trinajstić information content (AvgIpc) is 2.73. The fraction of sp³-hybridized carbons (Fsp3) is 0.583. The van der Waals surface area contributed by atoms with Crippen LogP contribution in [0.15, 0.2) is 6.20 Å². The highest BCUT2D eigenvalue weighted by atomic mass is 32.1. The first-order valence-corrected chi connectivity index (χ1v) is 6.63. The van der Waals surface area contributed by atoms with Crippen molar-refractivity contribution in [3.05, 3.63) is 16.1 Å². The van der Waals surface area contributed by atoms with Crippen LogP contribution in [-0.2, 0) is 4.79 Å². The molecule has 100 valence electrons. The van der Waals surface area contributed by atoms with Crippen LogP contribution in [0.25, 0.3) is 0 Å². The number of aromatic nitrogens is 1. The molecule has 0 unspecified atom stereocenters. The number of rotatable bonds is 5. The van der Waals surface area contributed by atoms with E-state index in [0.717, 1.165) is 5.01 Å². The minimum absolute atomic E-state index is 0.154. The summed E-state index contributed by atoms with van der Waals surface area (Å²) in [5, 5.41) is 9.70. The Morgan fingerprint density at radius 1 is 1.39 bits per heavy atom. The summed E-state index contributed by atoms with van der Waals surface area (Å²) in [6.45, 7) is 7.32. The fourth-order valence-corrected chi connectivity index (χ4v) is 2.31. The van der Waals surface area contributed by atoms with Crippen molar-refractivity contribution in [1.29, 1.82) is 0 Å². The molecule has 6 heteroatoms. The molecule has 1 amide bonds. The Labute approximate surface area is 110 Å². The SMILES string of the molecule is CC(C)c1ncc(C(=O)N(CC(=O)O)C(C)C)s1. The van der Waals surface area contributed by atoms with E-state index in [4.69, 9.17) is 5.11 Å². The molecule has 5 nitrogen and oxygen atoms in total. The monoisotopic (exact) mass is 270 g/mol. The highest BCUT2D eigenvalue weighted by molar-refractivity contribution is 7.13. The van der Waals surface area contributed by atoms with Crippen molar-refractivity contribution in [2.45, 2.75) is 39.7 Å². The number of hydrogen-bond donors (Lipinski definition) is 1. The van der Waals surface area contributed by atoms with Gasteiger partial charge >= 0.3 is 5.97 Å². The van der Waals surface area contributed by atoms with E-state index in [-0.39, 0.29) is 24.4 Å². The summed E-state index contributed by atoms with van der Waals surface area (Å²) in [6, 6.07) is -0.154. The summed E-state index contributed by atoms with van der Waals surface area (Å²) < 4.78 is 0. The van der Waals surface area contributed by atoms with Gasteiger partial charge in [-0.3, -0.25) is 9.59 Å². The van der Waals surface area contributed by atoms with Gasteiger partial charge in [0, 0.05) is 12.0 Å². The van der Waals surface area contributed by atoms with Gasteiger partial charge < -0.3 is 10.0 Å². The smallest absolute Gasteiger partial charge is 0.323 e. The number of carboxylic acids is 1. The highest BCUT2D eigenvalue weighted by Gasteiger charge is 2.23. The Bertz CT molecular complexity index is 440. The van der Waals surface area contributed by atoms with Gasteiger partial charge in [-0.2, -0.15) is 0 Å². The van der Waals surface area contributed by atoms with Crippen molar-refractivity contribution < 1.29 is 14.7 Å². The molecule has 0 saturated carbocycles. The van der Waals surface area contributed by atoms with Crippen molar-refractivity contribution in [3.63, 3.8) is 0 Å². The maximum absolute atomic E-state index is 12.2. The number of aliphatic carboxylic acids is 1. The van der Waals surface area contributed by atoms with Gasteiger partial charge in [-0.25, -0.2) is 4.98 Å². The van der Waals surface area contributed by atoms with Crippen molar-refractivity contribution >= 4 is 23.2 Å². The molecule has 0 aliphatic carbocycles. The van der Waals surface area contributed by atoms with Crippen LogP contribution in [0.4, 0.5) is 0 Å². The molecule has 0 atom stereocenters. The lowest BCUT2D eigenvalue weighted by molar-refractivity contribution is -0.138. The largest absolute Gasteiger partial charge is 0.480 e. The van der Waals surface area contributed by atoms with Gasteiger partial charge in [-0.15, -0.1) is 11.3 Å². The summed E-state index contributed by atoms with van der Waals surface area (Å²) in [4.78, 5) is 29.0. The molecule has 0 aliphatic heterocycles. The molecule has 1 aromatic heterocycles. The minimum atomic E-state index is -1.01. The van der Waals surface area contributed by atoms with Crippen LogP contribution < -0.4 is 0 Å². The van der Waals surface area contributed by atoms with E-state index in [1.807, 2.05) is 13.8 Å². The molecule has 0 bridgehead atoms.